The van der Waals surface area contributed by atoms with Crippen LogP contribution in [0, 0.1) is 0 Å². The second-order valence-electron chi connectivity index (χ2n) is 5.13. The number of hydrogen-bond donors (Lipinski definition) is 2. The van der Waals surface area contributed by atoms with Crippen molar-refractivity contribution >= 4 is 21.7 Å². The van der Waals surface area contributed by atoms with Crippen LogP contribution in [0.4, 0.5) is 0 Å². The van der Waals surface area contributed by atoms with Crippen LogP contribution in [0.3, 0.4) is 0 Å². The van der Waals surface area contributed by atoms with Crippen molar-refractivity contribution in [3.8, 4) is 11.5 Å². The highest BCUT2D eigenvalue weighted by molar-refractivity contribution is 7.91. The first-order valence-corrected chi connectivity index (χ1v) is 8.67. The van der Waals surface area contributed by atoms with Gasteiger partial charge in [0.1, 0.15) is 0 Å². The SMILES string of the molecule is COc1cc(C(=O)O)ccc1OCC(=O)NC1CCS(=O)(=O)C1. The Balaban J connectivity index is 1.92. The molecule has 1 amide bonds. The lowest BCUT2D eigenvalue weighted by molar-refractivity contribution is -0.123. The first-order valence-electron chi connectivity index (χ1n) is 6.84. The predicted octanol–water partition coefficient (Wildman–Crippen LogP) is 0.0755. The third-order valence-electron chi connectivity index (χ3n) is 3.37. The van der Waals surface area contributed by atoms with Crippen LogP contribution >= 0.6 is 0 Å². The molecule has 126 valence electrons. The summed E-state index contributed by atoms with van der Waals surface area (Å²) in [6.45, 7) is -0.320. The van der Waals surface area contributed by atoms with Crippen LogP contribution in [0.2, 0.25) is 0 Å². The molecule has 8 nitrogen and oxygen atoms in total. The zero-order valence-corrected chi connectivity index (χ0v) is 13.3. The van der Waals surface area contributed by atoms with Crippen molar-refractivity contribution in [3.05, 3.63) is 23.8 Å². The molecule has 0 aliphatic carbocycles. The number of nitrogens with one attached hydrogen (secondary N) is 1. The number of amides is 1. The Kier molecular flexibility index (Phi) is 5.09. The van der Waals surface area contributed by atoms with E-state index in [0.29, 0.717) is 6.42 Å². The molecule has 1 unspecified atom stereocenters. The summed E-state index contributed by atoms with van der Waals surface area (Å²) >= 11 is 0. The summed E-state index contributed by atoms with van der Waals surface area (Å²) < 4.78 is 33.0. The Morgan fingerprint density at radius 2 is 2.09 bits per heavy atom. The number of hydrogen-bond acceptors (Lipinski definition) is 6. The number of methoxy groups -OCH3 is 1. The molecular formula is C14H17NO7S. The minimum absolute atomic E-state index is 0.0369. The Morgan fingerprint density at radius 3 is 2.65 bits per heavy atom. The second-order valence-corrected chi connectivity index (χ2v) is 7.36. The maximum Gasteiger partial charge on any atom is 0.335 e. The van der Waals surface area contributed by atoms with Crippen molar-refractivity contribution in [1.82, 2.24) is 5.32 Å². The van der Waals surface area contributed by atoms with E-state index in [1.54, 1.807) is 0 Å². The monoisotopic (exact) mass is 343 g/mol. The van der Waals surface area contributed by atoms with Gasteiger partial charge < -0.3 is 19.9 Å². The van der Waals surface area contributed by atoms with Crippen molar-refractivity contribution in [2.45, 2.75) is 12.5 Å². The summed E-state index contributed by atoms with van der Waals surface area (Å²) in [5.41, 5.74) is 0.0369. The van der Waals surface area contributed by atoms with E-state index in [-0.39, 0.29) is 35.2 Å². The van der Waals surface area contributed by atoms with Crippen LogP contribution in [0.25, 0.3) is 0 Å². The minimum Gasteiger partial charge on any atom is -0.493 e. The molecule has 1 fully saturated rings. The molecule has 1 atom stereocenters. The fourth-order valence-corrected chi connectivity index (χ4v) is 3.91. The Bertz CT molecular complexity index is 714. The third kappa shape index (κ3) is 4.59. The summed E-state index contributed by atoms with van der Waals surface area (Å²) in [4.78, 5) is 22.7. The van der Waals surface area contributed by atoms with E-state index >= 15 is 0 Å². The lowest BCUT2D eigenvalue weighted by atomic mass is 10.2. The van der Waals surface area contributed by atoms with E-state index < -0.39 is 27.8 Å². The number of aromatic carboxylic acids is 1. The van der Waals surface area contributed by atoms with Gasteiger partial charge in [0.25, 0.3) is 5.91 Å². The summed E-state index contributed by atoms with van der Waals surface area (Å²) in [5, 5.41) is 11.5. The zero-order chi connectivity index (χ0) is 17.0. The zero-order valence-electron chi connectivity index (χ0n) is 12.4. The van der Waals surface area contributed by atoms with Crippen molar-refractivity contribution in [2.75, 3.05) is 25.2 Å². The van der Waals surface area contributed by atoms with Gasteiger partial charge >= 0.3 is 5.97 Å². The molecular weight excluding hydrogens is 326 g/mol. The van der Waals surface area contributed by atoms with Crippen molar-refractivity contribution in [2.24, 2.45) is 0 Å². The van der Waals surface area contributed by atoms with Gasteiger partial charge in [0.2, 0.25) is 0 Å². The fraction of sp³-hybridized carbons (Fsp3) is 0.429. The Labute approximate surface area is 133 Å². The smallest absolute Gasteiger partial charge is 0.335 e. The normalized spacial score (nSPS) is 19.1. The number of carbonyl (C=O) groups is 2. The van der Waals surface area contributed by atoms with Gasteiger partial charge in [-0.05, 0) is 24.6 Å². The number of benzene rings is 1. The van der Waals surface area contributed by atoms with Gasteiger partial charge in [-0.3, -0.25) is 4.79 Å². The second kappa shape index (κ2) is 6.86. The van der Waals surface area contributed by atoms with E-state index in [2.05, 4.69) is 5.32 Å². The molecule has 9 heteroatoms. The van der Waals surface area contributed by atoms with Gasteiger partial charge in [0.05, 0.1) is 24.2 Å². The standard InChI is InChI=1S/C14H17NO7S/c1-21-12-6-9(14(17)18)2-3-11(12)22-7-13(16)15-10-4-5-23(19,20)8-10/h2-3,6,10H,4-5,7-8H2,1H3,(H,15,16)(H,17,18). The molecule has 1 aliphatic heterocycles. The third-order valence-corrected chi connectivity index (χ3v) is 5.13. The van der Waals surface area contributed by atoms with Gasteiger partial charge in [0.15, 0.2) is 27.9 Å². The summed E-state index contributed by atoms with van der Waals surface area (Å²) in [6, 6.07) is 3.63. The predicted molar refractivity (Wildman–Crippen MR) is 80.6 cm³/mol. The van der Waals surface area contributed by atoms with Crippen molar-refractivity contribution in [1.29, 1.82) is 0 Å². The number of ether oxygens (including phenoxy) is 2. The van der Waals surface area contributed by atoms with Crippen LogP contribution < -0.4 is 14.8 Å². The largest absolute Gasteiger partial charge is 0.493 e. The van der Waals surface area contributed by atoms with E-state index in [9.17, 15) is 18.0 Å². The molecule has 0 aromatic heterocycles. The van der Waals surface area contributed by atoms with Gasteiger partial charge in [-0.1, -0.05) is 0 Å². The van der Waals surface area contributed by atoms with E-state index in [1.165, 1.54) is 25.3 Å². The van der Waals surface area contributed by atoms with Gasteiger partial charge in [-0.2, -0.15) is 0 Å². The molecule has 0 spiro atoms. The fourth-order valence-electron chi connectivity index (χ4n) is 2.24. The van der Waals surface area contributed by atoms with Crippen molar-refractivity contribution in [3.63, 3.8) is 0 Å². The maximum absolute atomic E-state index is 11.8. The van der Waals surface area contributed by atoms with Crippen LogP contribution in [0.15, 0.2) is 18.2 Å². The Hall–Kier alpha value is -2.29. The van der Waals surface area contributed by atoms with Crippen LogP contribution in [-0.2, 0) is 14.6 Å². The van der Waals surface area contributed by atoms with Gasteiger partial charge in [-0.15, -0.1) is 0 Å². The van der Waals surface area contributed by atoms with Crippen molar-refractivity contribution < 1.29 is 32.6 Å². The molecule has 1 saturated heterocycles. The molecule has 0 saturated carbocycles. The Morgan fingerprint density at radius 1 is 1.35 bits per heavy atom. The minimum atomic E-state index is -3.06. The van der Waals surface area contributed by atoms with E-state index in [4.69, 9.17) is 14.6 Å². The molecule has 1 aliphatic rings. The highest BCUT2D eigenvalue weighted by atomic mass is 32.2. The maximum atomic E-state index is 11.8. The van der Waals surface area contributed by atoms with Crippen LogP contribution in [0.5, 0.6) is 11.5 Å². The first-order chi connectivity index (χ1) is 10.8. The summed E-state index contributed by atoms with van der Waals surface area (Å²) in [7, 11) is -1.70. The molecule has 2 rings (SSSR count). The number of rotatable bonds is 6. The molecule has 1 heterocycles. The number of carbonyl (C=O) groups excluding carboxylic acids is 1. The van der Waals surface area contributed by atoms with E-state index in [0.717, 1.165) is 0 Å². The molecule has 2 N–H and O–H groups in total. The lowest BCUT2D eigenvalue weighted by Crippen LogP contribution is -2.38. The average molecular weight is 343 g/mol. The number of carboxylic acids is 1. The lowest BCUT2D eigenvalue weighted by Gasteiger charge is -2.13. The highest BCUT2D eigenvalue weighted by Gasteiger charge is 2.28. The van der Waals surface area contributed by atoms with E-state index in [1.807, 2.05) is 0 Å². The average Bonchev–Trinajstić information content (AvgIpc) is 2.83. The number of sulfone groups is 1. The van der Waals surface area contributed by atoms with Gasteiger partial charge in [-0.25, -0.2) is 13.2 Å². The summed E-state index contributed by atoms with van der Waals surface area (Å²) in [6.07, 6.45) is 0.394. The molecule has 0 radical (unpaired) electrons. The molecule has 23 heavy (non-hydrogen) atoms. The highest BCUT2D eigenvalue weighted by Crippen LogP contribution is 2.28. The first kappa shape index (κ1) is 17.1. The quantitative estimate of drug-likeness (QED) is 0.750. The molecule has 1 aromatic rings. The topological polar surface area (TPSA) is 119 Å². The number of carboxylic acid groups (broad SMARTS) is 1. The molecule has 1 aromatic carbocycles. The van der Waals surface area contributed by atoms with Gasteiger partial charge in [0, 0.05) is 6.04 Å². The van der Waals surface area contributed by atoms with Crippen LogP contribution in [-0.4, -0.2) is 56.7 Å². The summed E-state index contributed by atoms with van der Waals surface area (Å²) in [5.74, 6) is -1.11. The van der Waals surface area contributed by atoms with Crippen LogP contribution in [0.1, 0.15) is 16.8 Å². The molecule has 0 bridgehead atoms.